The zero-order valence-electron chi connectivity index (χ0n) is 11.6. The largest absolute Gasteiger partial charge is 0.366 e. The number of hydrogen-bond donors (Lipinski definition) is 2. The fraction of sp³-hybridized carbons (Fsp3) is 0.200. The smallest absolute Gasteiger partial charge is 0.136 e. The van der Waals surface area contributed by atoms with E-state index in [1.165, 1.54) is 0 Å². The molecule has 0 saturated carbocycles. The van der Waals surface area contributed by atoms with Crippen molar-refractivity contribution in [3.8, 4) is 0 Å². The van der Waals surface area contributed by atoms with E-state index in [2.05, 4.69) is 56.1 Å². The van der Waals surface area contributed by atoms with Gasteiger partial charge in [0.2, 0.25) is 0 Å². The number of anilines is 3. The van der Waals surface area contributed by atoms with Crippen LogP contribution in [0, 0.1) is 13.8 Å². The first-order valence-electron chi connectivity index (χ1n) is 6.32. The minimum Gasteiger partial charge on any atom is -0.366 e. The molecule has 0 saturated heterocycles. The molecule has 0 bridgehead atoms. The van der Waals surface area contributed by atoms with Gasteiger partial charge in [-0.1, -0.05) is 22.0 Å². The SMILES string of the molecule is C=CCNc1cc(Nc2ccc(Br)cc2C)nc(C)n1. The van der Waals surface area contributed by atoms with Crippen molar-refractivity contribution in [2.45, 2.75) is 13.8 Å². The topological polar surface area (TPSA) is 49.8 Å². The number of nitrogens with one attached hydrogen (secondary N) is 2. The van der Waals surface area contributed by atoms with E-state index in [0.29, 0.717) is 6.54 Å². The third-order valence-corrected chi connectivity index (χ3v) is 3.21. The standard InChI is InChI=1S/C15H17BrN4/c1-4-7-17-14-9-15(19-11(3)18-14)20-13-6-5-12(16)8-10(13)2/h4-6,8-9H,1,7H2,2-3H3,(H2,17,18,19,20). The summed E-state index contributed by atoms with van der Waals surface area (Å²) in [6.45, 7) is 8.28. The number of nitrogens with zero attached hydrogens (tertiary/aromatic N) is 2. The van der Waals surface area contributed by atoms with Gasteiger partial charge in [-0.3, -0.25) is 0 Å². The highest BCUT2D eigenvalue weighted by molar-refractivity contribution is 9.10. The third kappa shape index (κ3) is 3.81. The lowest BCUT2D eigenvalue weighted by atomic mass is 10.2. The summed E-state index contributed by atoms with van der Waals surface area (Å²) in [6, 6.07) is 7.97. The van der Waals surface area contributed by atoms with Gasteiger partial charge in [-0.15, -0.1) is 6.58 Å². The number of aryl methyl sites for hydroxylation is 2. The number of hydrogen-bond acceptors (Lipinski definition) is 4. The van der Waals surface area contributed by atoms with E-state index >= 15 is 0 Å². The summed E-state index contributed by atoms with van der Waals surface area (Å²) in [5.41, 5.74) is 2.18. The first kappa shape index (κ1) is 14.5. The van der Waals surface area contributed by atoms with Gasteiger partial charge in [0, 0.05) is 22.8 Å². The molecule has 2 N–H and O–H groups in total. The third-order valence-electron chi connectivity index (χ3n) is 2.72. The molecule has 4 nitrogen and oxygen atoms in total. The van der Waals surface area contributed by atoms with Crippen LogP contribution in [0.15, 0.2) is 41.4 Å². The molecular formula is C15H17BrN4. The molecule has 2 aromatic rings. The molecule has 1 aromatic carbocycles. The molecule has 0 amide bonds. The van der Waals surface area contributed by atoms with Crippen LogP contribution in [0.3, 0.4) is 0 Å². The lowest BCUT2D eigenvalue weighted by Gasteiger charge is -2.11. The molecule has 0 aliphatic carbocycles. The van der Waals surface area contributed by atoms with Gasteiger partial charge in [0.05, 0.1) is 0 Å². The molecule has 20 heavy (non-hydrogen) atoms. The van der Waals surface area contributed by atoms with E-state index in [1.54, 1.807) is 6.08 Å². The Labute approximate surface area is 127 Å². The summed E-state index contributed by atoms with van der Waals surface area (Å²) in [5, 5.41) is 6.49. The van der Waals surface area contributed by atoms with Crippen LogP contribution in [0.1, 0.15) is 11.4 Å². The van der Waals surface area contributed by atoms with Crippen molar-refractivity contribution in [2.75, 3.05) is 17.2 Å². The second-order valence-electron chi connectivity index (χ2n) is 4.44. The van der Waals surface area contributed by atoms with Gasteiger partial charge in [-0.25, -0.2) is 9.97 Å². The predicted molar refractivity (Wildman–Crippen MR) is 87.6 cm³/mol. The Bertz CT molecular complexity index is 625. The van der Waals surface area contributed by atoms with Gasteiger partial charge in [-0.05, 0) is 37.6 Å². The monoisotopic (exact) mass is 332 g/mol. The Morgan fingerprint density at radius 1 is 1.20 bits per heavy atom. The fourth-order valence-electron chi connectivity index (χ4n) is 1.80. The maximum absolute atomic E-state index is 4.40. The highest BCUT2D eigenvalue weighted by atomic mass is 79.9. The Morgan fingerprint density at radius 3 is 2.65 bits per heavy atom. The van der Waals surface area contributed by atoms with Gasteiger partial charge in [0.1, 0.15) is 17.5 Å². The minimum atomic E-state index is 0.674. The average Bonchev–Trinajstić information content (AvgIpc) is 2.39. The van der Waals surface area contributed by atoms with Crippen molar-refractivity contribution < 1.29 is 0 Å². The molecule has 1 heterocycles. The summed E-state index contributed by atoms with van der Waals surface area (Å²) in [6.07, 6.45) is 1.80. The van der Waals surface area contributed by atoms with E-state index in [9.17, 15) is 0 Å². The van der Waals surface area contributed by atoms with E-state index < -0.39 is 0 Å². The van der Waals surface area contributed by atoms with Crippen LogP contribution in [-0.2, 0) is 0 Å². The number of halogens is 1. The van der Waals surface area contributed by atoms with Crippen molar-refractivity contribution in [2.24, 2.45) is 0 Å². The fourth-order valence-corrected chi connectivity index (χ4v) is 2.28. The van der Waals surface area contributed by atoms with Crippen LogP contribution in [0.2, 0.25) is 0 Å². The van der Waals surface area contributed by atoms with E-state index in [1.807, 2.05) is 25.1 Å². The predicted octanol–water partition coefficient (Wildman–Crippen LogP) is 4.20. The van der Waals surface area contributed by atoms with Crippen LogP contribution in [-0.4, -0.2) is 16.5 Å². The minimum absolute atomic E-state index is 0.674. The summed E-state index contributed by atoms with van der Waals surface area (Å²) in [4.78, 5) is 8.73. The molecule has 5 heteroatoms. The molecular weight excluding hydrogens is 316 g/mol. The first-order valence-corrected chi connectivity index (χ1v) is 7.11. The Morgan fingerprint density at radius 2 is 1.95 bits per heavy atom. The van der Waals surface area contributed by atoms with Crippen LogP contribution >= 0.6 is 15.9 Å². The first-order chi connectivity index (χ1) is 9.58. The maximum Gasteiger partial charge on any atom is 0.136 e. The van der Waals surface area contributed by atoms with Gasteiger partial charge in [-0.2, -0.15) is 0 Å². The summed E-state index contributed by atoms with van der Waals surface area (Å²) < 4.78 is 1.06. The Balaban J connectivity index is 2.23. The molecule has 0 aliphatic heterocycles. The lowest BCUT2D eigenvalue weighted by Crippen LogP contribution is -2.05. The highest BCUT2D eigenvalue weighted by Gasteiger charge is 2.04. The van der Waals surface area contributed by atoms with Crippen molar-refractivity contribution in [1.29, 1.82) is 0 Å². The summed E-state index contributed by atoms with van der Waals surface area (Å²) >= 11 is 3.46. The van der Waals surface area contributed by atoms with E-state index in [-0.39, 0.29) is 0 Å². The van der Waals surface area contributed by atoms with Gasteiger partial charge in [0.15, 0.2) is 0 Å². The maximum atomic E-state index is 4.40. The Hall–Kier alpha value is -1.88. The molecule has 0 radical (unpaired) electrons. The van der Waals surface area contributed by atoms with Crippen molar-refractivity contribution in [1.82, 2.24) is 9.97 Å². The number of aromatic nitrogens is 2. The van der Waals surface area contributed by atoms with Crippen molar-refractivity contribution >= 4 is 33.3 Å². The van der Waals surface area contributed by atoms with Crippen LogP contribution in [0.5, 0.6) is 0 Å². The molecule has 0 unspecified atom stereocenters. The van der Waals surface area contributed by atoms with Crippen LogP contribution < -0.4 is 10.6 Å². The zero-order chi connectivity index (χ0) is 14.5. The number of benzene rings is 1. The van der Waals surface area contributed by atoms with E-state index in [4.69, 9.17) is 0 Å². The van der Waals surface area contributed by atoms with E-state index in [0.717, 1.165) is 33.2 Å². The van der Waals surface area contributed by atoms with Gasteiger partial charge >= 0.3 is 0 Å². The van der Waals surface area contributed by atoms with Gasteiger partial charge < -0.3 is 10.6 Å². The molecule has 2 rings (SSSR count). The van der Waals surface area contributed by atoms with Crippen molar-refractivity contribution in [3.05, 3.63) is 52.8 Å². The lowest BCUT2D eigenvalue weighted by molar-refractivity contribution is 1.05. The van der Waals surface area contributed by atoms with Crippen molar-refractivity contribution in [3.63, 3.8) is 0 Å². The summed E-state index contributed by atoms with van der Waals surface area (Å²) in [5.74, 6) is 2.28. The quantitative estimate of drug-likeness (QED) is 0.805. The normalized spacial score (nSPS) is 10.2. The highest BCUT2D eigenvalue weighted by Crippen LogP contribution is 2.23. The molecule has 0 atom stereocenters. The molecule has 104 valence electrons. The molecule has 0 aliphatic rings. The Kier molecular flexibility index (Phi) is 4.74. The summed E-state index contributed by atoms with van der Waals surface area (Å²) in [7, 11) is 0. The zero-order valence-corrected chi connectivity index (χ0v) is 13.2. The molecule has 0 spiro atoms. The van der Waals surface area contributed by atoms with Crippen LogP contribution in [0.25, 0.3) is 0 Å². The van der Waals surface area contributed by atoms with Gasteiger partial charge in [0.25, 0.3) is 0 Å². The molecule has 1 aromatic heterocycles. The second kappa shape index (κ2) is 6.52. The number of rotatable bonds is 5. The molecule has 0 fully saturated rings. The average molecular weight is 333 g/mol. The van der Waals surface area contributed by atoms with Crippen LogP contribution in [0.4, 0.5) is 17.3 Å². The second-order valence-corrected chi connectivity index (χ2v) is 5.36.